The molecule has 2 atom stereocenters. The molecule has 190 valence electrons. The first-order chi connectivity index (χ1) is 17.8. The fraction of sp³-hybridized carbons (Fsp3) is 0.308. The molecule has 0 aliphatic carbocycles. The topological polar surface area (TPSA) is 75.5 Å². The molecule has 2 saturated heterocycles. The smallest absolute Gasteiger partial charge is 0.350 e. The molecule has 2 aromatic carbocycles. The number of carbonyl (C=O) groups is 2. The van der Waals surface area contributed by atoms with Crippen LogP contribution in [0.1, 0.15) is 12.8 Å². The van der Waals surface area contributed by atoms with Crippen molar-refractivity contribution in [1.29, 1.82) is 0 Å². The lowest BCUT2D eigenvalue weighted by atomic mass is 9.89. The molecule has 0 spiro atoms. The Morgan fingerprint density at radius 2 is 1.89 bits per heavy atom. The first-order valence-electron chi connectivity index (χ1n) is 11.8. The number of anilines is 1. The van der Waals surface area contributed by atoms with Crippen molar-refractivity contribution in [3.8, 4) is 11.1 Å². The fourth-order valence-corrected chi connectivity index (χ4v) is 7.32. The summed E-state index contributed by atoms with van der Waals surface area (Å²) < 4.78 is 30.0. The molecule has 2 fully saturated rings. The fourth-order valence-electron chi connectivity index (χ4n) is 5.76. The summed E-state index contributed by atoms with van der Waals surface area (Å²) in [6.45, 7) is 4.66. The van der Waals surface area contributed by atoms with E-state index in [1.54, 1.807) is 15.5 Å². The van der Waals surface area contributed by atoms with Gasteiger partial charge in [-0.1, -0.05) is 18.2 Å². The van der Waals surface area contributed by atoms with Gasteiger partial charge in [-0.05, 0) is 24.3 Å². The van der Waals surface area contributed by atoms with Gasteiger partial charge < -0.3 is 9.80 Å². The maximum absolute atomic E-state index is 14.8. The van der Waals surface area contributed by atoms with Crippen LogP contribution >= 0.6 is 23.4 Å². The molecule has 3 aromatic rings. The highest BCUT2D eigenvalue weighted by Crippen LogP contribution is 2.46. The predicted octanol–water partition coefficient (Wildman–Crippen LogP) is 4.04. The van der Waals surface area contributed by atoms with Gasteiger partial charge in [0.2, 0.25) is 5.91 Å². The van der Waals surface area contributed by atoms with Crippen LogP contribution in [0, 0.1) is 11.6 Å². The summed E-state index contributed by atoms with van der Waals surface area (Å²) in [5.74, 6) is -0.583. The van der Waals surface area contributed by atoms with Crippen molar-refractivity contribution < 1.29 is 18.4 Å². The van der Waals surface area contributed by atoms with Gasteiger partial charge in [-0.15, -0.1) is 11.8 Å². The molecule has 2 bridgehead atoms. The third kappa shape index (κ3) is 3.85. The van der Waals surface area contributed by atoms with Crippen molar-refractivity contribution in [3.05, 3.63) is 64.1 Å². The summed E-state index contributed by atoms with van der Waals surface area (Å²) in [7, 11) is 0. The van der Waals surface area contributed by atoms with Crippen molar-refractivity contribution in [2.75, 3.05) is 23.7 Å². The highest BCUT2D eigenvalue weighted by molar-refractivity contribution is 7.99. The summed E-state index contributed by atoms with van der Waals surface area (Å²) in [5.41, 5.74) is 0.716. The van der Waals surface area contributed by atoms with E-state index in [-0.39, 0.29) is 47.2 Å². The number of hydrogen-bond acceptors (Lipinski definition) is 6. The van der Waals surface area contributed by atoms with Crippen molar-refractivity contribution in [3.63, 3.8) is 0 Å². The third-order valence-electron chi connectivity index (χ3n) is 7.22. The second-order valence-corrected chi connectivity index (χ2v) is 10.9. The van der Waals surface area contributed by atoms with E-state index in [2.05, 4.69) is 11.6 Å². The maximum Gasteiger partial charge on any atom is 0.350 e. The second-order valence-electron chi connectivity index (χ2n) is 9.41. The second kappa shape index (κ2) is 8.95. The van der Waals surface area contributed by atoms with Crippen LogP contribution < -0.4 is 10.6 Å². The highest BCUT2D eigenvalue weighted by Gasteiger charge is 2.43. The minimum Gasteiger partial charge on any atom is -0.352 e. The van der Waals surface area contributed by atoms with Gasteiger partial charge in [0.1, 0.15) is 23.2 Å². The number of aryl methyl sites for hydroxylation is 1. The number of rotatable bonds is 3. The largest absolute Gasteiger partial charge is 0.352 e. The van der Waals surface area contributed by atoms with Crippen molar-refractivity contribution in [1.82, 2.24) is 14.5 Å². The zero-order valence-corrected chi connectivity index (χ0v) is 21.1. The van der Waals surface area contributed by atoms with Crippen LogP contribution in [0.5, 0.6) is 0 Å². The molecule has 1 aromatic heterocycles. The molecule has 11 heteroatoms. The van der Waals surface area contributed by atoms with E-state index in [9.17, 15) is 23.2 Å². The number of fused-ring (bicyclic) bond motifs is 2. The standard InChI is InChI=1S/C26H21ClF2N4O3S/c1-2-21(35)33-14-8-16(34)9-15(33)12-31(11-14)25-18-10-19(27)22(17-4-3-13(28)7-20(17)29)24-23(18)32(5-6-37-24)26(36)30-25/h2-4,7,10,14-15H,1,5-6,8-9,11-12H2. The summed E-state index contributed by atoms with van der Waals surface area (Å²) in [4.78, 5) is 46.7. The Balaban J connectivity index is 1.53. The number of piperazine rings is 1. The molecule has 2 unspecified atom stereocenters. The average molecular weight is 543 g/mol. The SMILES string of the molecule is C=CC(=O)N1C2CC(=O)CC1CN(c1nc(=O)n3c4c(c(-c5ccc(F)cc5F)c(Cl)cc14)SCC3)C2. The number of halogens is 3. The first kappa shape index (κ1) is 24.1. The normalized spacial score (nSPS) is 20.9. The van der Waals surface area contributed by atoms with Crippen molar-refractivity contribution in [2.24, 2.45) is 0 Å². The minimum absolute atomic E-state index is 0.0955. The molecule has 7 nitrogen and oxygen atoms in total. The van der Waals surface area contributed by atoms with Crippen LogP contribution in [0.25, 0.3) is 22.0 Å². The monoisotopic (exact) mass is 542 g/mol. The van der Waals surface area contributed by atoms with Gasteiger partial charge in [-0.3, -0.25) is 14.2 Å². The third-order valence-corrected chi connectivity index (χ3v) is 8.59. The van der Waals surface area contributed by atoms with Gasteiger partial charge in [0.15, 0.2) is 0 Å². The molecule has 3 aliphatic rings. The lowest BCUT2D eigenvalue weighted by Gasteiger charge is -2.49. The summed E-state index contributed by atoms with van der Waals surface area (Å²) in [6, 6.07) is 4.27. The Kier molecular flexibility index (Phi) is 5.83. The molecule has 0 radical (unpaired) electrons. The zero-order valence-electron chi connectivity index (χ0n) is 19.5. The molecule has 0 N–H and O–H groups in total. The molecule has 1 amide bonds. The van der Waals surface area contributed by atoms with Gasteiger partial charge in [0.05, 0.1) is 22.6 Å². The summed E-state index contributed by atoms with van der Waals surface area (Å²) >= 11 is 8.20. The zero-order chi connectivity index (χ0) is 26.0. The molecular formula is C26H21ClF2N4O3S. The first-order valence-corrected chi connectivity index (χ1v) is 13.2. The van der Waals surface area contributed by atoms with Crippen LogP contribution in [0.15, 0.2) is 46.6 Å². The van der Waals surface area contributed by atoms with Gasteiger partial charge in [0.25, 0.3) is 0 Å². The van der Waals surface area contributed by atoms with E-state index in [1.165, 1.54) is 30.0 Å². The van der Waals surface area contributed by atoms with E-state index >= 15 is 0 Å². The van der Waals surface area contributed by atoms with E-state index in [0.717, 1.165) is 6.07 Å². The van der Waals surface area contributed by atoms with E-state index in [1.807, 2.05) is 4.90 Å². The number of nitrogens with zero attached hydrogens (tertiary/aromatic N) is 4. The van der Waals surface area contributed by atoms with Crippen LogP contribution in [-0.2, 0) is 16.1 Å². The maximum atomic E-state index is 14.8. The van der Waals surface area contributed by atoms with Gasteiger partial charge in [-0.2, -0.15) is 4.98 Å². The molecular weight excluding hydrogens is 522 g/mol. The number of thioether (sulfide) groups is 1. The Hall–Kier alpha value is -3.24. The van der Waals surface area contributed by atoms with Crippen LogP contribution in [0.2, 0.25) is 5.02 Å². The molecule has 3 aliphatic heterocycles. The van der Waals surface area contributed by atoms with Gasteiger partial charge in [-0.25, -0.2) is 13.6 Å². The number of hydrogen-bond donors (Lipinski definition) is 0. The van der Waals surface area contributed by atoms with Crippen LogP contribution in [0.4, 0.5) is 14.6 Å². The summed E-state index contributed by atoms with van der Waals surface area (Å²) in [6.07, 6.45) is 1.69. The average Bonchev–Trinajstić information content (AvgIpc) is 2.85. The highest BCUT2D eigenvalue weighted by atomic mass is 35.5. The number of amides is 1. The number of aromatic nitrogens is 2. The summed E-state index contributed by atoms with van der Waals surface area (Å²) in [5, 5.41) is 0.887. The minimum atomic E-state index is -0.743. The lowest BCUT2D eigenvalue weighted by molar-refractivity contribution is -0.138. The Morgan fingerprint density at radius 1 is 1.16 bits per heavy atom. The number of ketones is 1. The van der Waals surface area contributed by atoms with E-state index in [4.69, 9.17) is 11.6 Å². The number of piperidine rings is 1. The Bertz CT molecular complexity index is 1560. The predicted molar refractivity (Wildman–Crippen MR) is 138 cm³/mol. The molecule has 6 rings (SSSR count). The lowest BCUT2D eigenvalue weighted by Crippen LogP contribution is -2.64. The molecule has 0 saturated carbocycles. The quantitative estimate of drug-likeness (QED) is 0.465. The molecule has 37 heavy (non-hydrogen) atoms. The van der Waals surface area contributed by atoms with Crippen molar-refractivity contribution >= 4 is 51.8 Å². The van der Waals surface area contributed by atoms with E-state index in [0.29, 0.717) is 52.6 Å². The number of Topliss-reactive ketones (excluding diaryl/α,β-unsaturated/α-hetero) is 1. The Labute approximate surface area is 219 Å². The molecule has 4 heterocycles. The van der Waals surface area contributed by atoms with Gasteiger partial charge >= 0.3 is 5.69 Å². The Morgan fingerprint density at radius 3 is 2.57 bits per heavy atom. The van der Waals surface area contributed by atoms with Gasteiger partial charge in [0, 0.05) is 65.7 Å². The number of carbonyl (C=O) groups excluding carboxylic acids is 2. The number of benzene rings is 2. The van der Waals surface area contributed by atoms with Crippen LogP contribution in [-0.4, -0.2) is 57.1 Å². The van der Waals surface area contributed by atoms with Crippen LogP contribution in [0.3, 0.4) is 0 Å². The van der Waals surface area contributed by atoms with E-state index < -0.39 is 17.3 Å². The van der Waals surface area contributed by atoms with Crippen molar-refractivity contribution in [2.45, 2.75) is 36.4 Å².